The summed E-state index contributed by atoms with van der Waals surface area (Å²) < 4.78 is 2.12. The summed E-state index contributed by atoms with van der Waals surface area (Å²) in [5.74, 6) is 3.11. The molecule has 0 bridgehead atoms. The molecule has 0 radical (unpaired) electrons. The predicted molar refractivity (Wildman–Crippen MR) is 67.8 cm³/mol. The number of pyridine rings is 1. The van der Waals surface area contributed by atoms with E-state index in [0.717, 1.165) is 11.3 Å². The van der Waals surface area contributed by atoms with Crippen molar-refractivity contribution in [3.63, 3.8) is 0 Å². The van der Waals surface area contributed by atoms with Crippen LogP contribution in [0.25, 0.3) is 5.65 Å². The summed E-state index contributed by atoms with van der Waals surface area (Å²) in [5, 5.41) is 0. The quantitative estimate of drug-likeness (QED) is 0.863. The third-order valence-electron chi connectivity index (χ3n) is 3.15. The lowest BCUT2D eigenvalue weighted by Crippen LogP contribution is -2.02. The Morgan fingerprint density at radius 2 is 2.44 bits per heavy atom. The summed E-state index contributed by atoms with van der Waals surface area (Å²) in [6.07, 6.45) is 3.42. The van der Waals surface area contributed by atoms with Crippen molar-refractivity contribution in [2.45, 2.75) is 18.9 Å². The summed E-state index contributed by atoms with van der Waals surface area (Å²) in [5.41, 5.74) is 9.10. The number of hydrogen-bond donors (Lipinski definition) is 1. The maximum absolute atomic E-state index is 5.73. The Morgan fingerprint density at radius 3 is 3.19 bits per heavy atom. The van der Waals surface area contributed by atoms with E-state index in [4.69, 9.17) is 10.7 Å². The van der Waals surface area contributed by atoms with Gasteiger partial charge in [-0.3, -0.25) is 0 Å². The first-order valence-corrected chi connectivity index (χ1v) is 6.78. The molecule has 3 heterocycles. The number of fused-ring (bicyclic) bond motifs is 1. The Hall–Kier alpha value is -1.00. The van der Waals surface area contributed by atoms with E-state index in [1.54, 1.807) is 0 Å². The summed E-state index contributed by atoms with van der Waals surface area (Å²) in [7, 11) is 0. The Bertz CT molecular complexity index is 500. The second-order valence-corrected chi connectivity index (χ2v) is 5.33. The lowest BCUT2D eigenvalue weighted by molar-refractivity contribution is 0.758. The van der Waals surface area contributed by atoms with Crippen molar-refractivity contribution in [2.24, 2.45) is 5.73 Å². The fraction of sp³-hybridized carbons (Fsp3) is 0.417. The van der Waals surface area contributed by atoms with Gasteiger partial charge in [-0.25, -0.2) is 4.98 Å². The van der Waals surface area contributed by atoms with E-state index in [-0.39, 0.29) is 0 Å². The SMILES string of the molecule is NCc1cccc2nc(C3CCSC3)cn12. The smallest absolute Gasteiger partial charge is 0.137 e. The molecule has 1 atom stereocenters. The topological polar surface area (TPSA) is 43.3 Å². The van der Waals surface area contributed by atoms with Crippen LogP contribution >= 0.6 is 11.8 Å². The molecule has 0 aliphatic carbocycles. The maximum Gasteiger partial charge on any atom is 0.137 e. The van der Waals surface area contributed by atoms with E-state index in [1.807, 2.05) is 23.9 Å². The highest BCUT2D eigenvalue weighted by molar-refractivity contribution is 7.99. The van der Waals surface area contributed by atoms with Gasteiger partial charge in [-0.1, -0.05) is 6.07 Å². The zero-order valence-corrected chi connectivity index (χ0v) is 9.91. The normalized spacial score (nSPS) is 20.7. The van der Waals surface area contributed by atoms with E-state index >= 15 is 0 Å². The van der Waals surface area contributed by atoms with Crippen LogP contribution in [0.3, 0.4) is 0 Å². The van der Waals surface area contributed by atoms with Crippen LogP contribution in [0.4, 0.5) is 0 Å². The molecule has 1 saturated heterocycles. The highest BCUT2D eigenvalue weighted by Gasteiger charge is 2.20. The number of imidazole rings is 1. The van der Waals surface area contributed by atoms with E-state index in [1.165, 1.54) is 23.6 Å². The number of hydrogen-bond acceptors (Lipinski definition) is 3. The molecule has 0 saturated carbocycles. The summed E-state index contributed by atoms with van der Waals surface area (Å²) in [4.78, 5) is 4.70. The van der Waals surface area contributed by atoms with E-state index in [9.17, 15) is 0 Å². The van der Waals surface area contributed by atoms with Crippen LogP contribution in [0, 0.1) is 0 Å². The highest BCUT2D eigenvalue weighted by atomic mass is 32.2. The van der Waals surface area contributed by atoms with Gasteiger partial charge in [-0.15, -0.1) is 0 Å². The maximum atomic E-state index is 5.73. The van der Waals surface area contributed by atoms with E-state index in [2.05, 4.69) is 16.7 Å². The summed E-state index contributed by atoms with van der Waals surface area (Å²) in [6, 6.07) is 6.13. The summed E-state index contributed by atoms with van der Waals surface area (Å²) >= 11 is 2.02. The lowest BCUT2D eigenvalue weighted by atomic mass is 10.1. The molecule has 0 aromatic carbocycles. The van der Waals surface area contributed by atoms with Crippen LogP contribution in [0.15, 0.2) is 24.4 Å². The van der Waals surface area contributed by atoms with Crippen LogP contribution in [0.1, 0.15) is 23.7 Å². The van der Waals surface area contributed by atoms with Crippen molar-refractivity contribution in [3.05, 3.63) is 35.8 Å². The van der Waals surface area contributed by atoms with Gasteiger partial charge in [0.15, 0.2) is 0 Å². The molecule has 2 aromatic heterocycles. The van der Waals surface area contributed by atoms with Crippen LogP contribution in [-0.4, -0.2) is 20.9 Å². The second-order valence-electron chi connectivity index (χ2n) is 4.18. The van der Waals surface area contributed by atoms with Gasteiger partial charge in [-0.05, 0) is 24.3 Å². The van der Waals surface area contributed by atoms with Crippen molar-refractivity contribution < 1.29 is 0 Å². The Kier molecular flexibility index (Phi) is 2.61. The first kappa shape index (κ1) is 10.2. The third kappa shape index (κ3) is 1.62. The number of nitrogens with zero attached hydrogens (tertiary/aromatic N) is 2. The van der Waals surface area contributed by atoms with Crippen LogP contribution in [0.2, 0.25) is 0 Å². The largest absolute Gasteiger partial charge is 0.325 e. The van der Waals surface area contributed by atoms with Gasteiger partial charge in [0.1, 0.15) is 5.65 Å². The Morgan fingerprint density at radius 1 is 1.50 bits per heavy atom. The third-order valence-corrected chi connectivity index (χ3v) is 4.31. The number of nitrogens with two attached hydrogens (primary N) is 1. The van der Waals surface area contributed by atoms with Crippen molar-refractivity contribution in [1.29, 1.82) is 0 Å². The standard InChI is InChI=1S/C12H15N3S/c13-6-10-2-1-3-12-14-11(7-15(10)12)9-4-5-16-8-9/h1-3,7,9H,4-6,8,13H2. The molecule has 84 valence electrons. The zero-order valence-electron chi connectivity index (χ0n) is 9.10. The Labute approximate surface area is 99.1 Å². The molecular weight excluding hydrogens is 218 g/mol. The fourth-order valence-electron chi connectivity index (χ4n) is 2.22. The van der Waals surface area contributed by atoms with Gasteiger partial charge >= 0.3 is 0 Å². The fourth-order valence-corrected chi connectivity index (χ4v) is 3.46. The molecule has 2 N–H and O–H groups in total. The average Bonchev–Trinajstić information content (AvgIpc) is 2.96. The number of aromatic nitrogens is 2. The molecule has 16 heavy (non-hydrogen) atoms. The molecular formula is C12H15N3S. The average molecular weight is 233 g/mol. The molecule has 3 nitrogen and oxygen atoms in total. The van der Waals surface area contributed by atoms with Gasteiger partial charge in [0.25, 0.3) is 0 Å². The zero-order chi connectivity index (χ0) is 11.0. The molecule has 2 aromatic rings. The highest BCUT2D eigenvalue weighted by Crippen LogP contribution is 2.31. The van der Waals surface area contributed by atoms with Gasteiger partial charge in [0.2, 0.25) is 0 Å². The molecule has 1 aliphatic heterocycles. The van der Waals surface area contributed by atoms with Gasteiger partial charge in [-0.2, -0.15) is 11.8 Å². The van der Waals surface area contributed by atoms with Crippen molar-refractivity contribution in [2.75, 3.05) is 11.5 Å². The van der Waals surface area contributed by atoms with Crippen LogP contribution in [0.5, 0.6) is 0 Å². The lowest BCUT2D eigenvalue weighted by Gasteiger charge is -2.02. The van der Waals surface area contributed by atoms with Gasteiger partial charge < -0.3 is 10.1 Å². The molecule has 0 spiro atoms. The monoisotopic (exact) mass is 233 g/mol. The van der Waals surface area contributed by atoms with Gasteiger partial charge in [0, 0.05) is 30.1 Å². The molecule has 1 fully saturated rings. The minimum Gasteiger partial charge on any atom is -0.325 e. The second kappa shape index (κ2) is 4.11. The van der Waals surface area contributed by atoms with Crippen molar-refractivity contribution in [3.8, 4) is 0 Å². The van der Waals surface area contributed by atoms with Crippen LogP contribution in [-0.2, 0) is 6.54 Å². The molecule has 1 unspecified atom stereocenters. The molecule has 1 aliphatic rings. The minimum absolute atomic E-state index is 0.562. The molecule has 4 heteroatoms. The predicted octanol–water partition coefficient (Wildman–Crippen LogP) is 2.01. The molecule has 3 rings (SSSR count). The first-order chi connectivity index (χ1) is 7.88. The Balaban J connectivity index is 2.07. The van der Waals surface area contributed by atoms with E-state index < -0.39 is 0 Å². The first-order valence-electron chi connectivity index (χ1n) is 5.63. The number of rotatable bonds is 2. The minimum atomic E-state index is 0.562. The van der Waals surface area contributed by atoms with Crippen molar-refractivity contribution in [1.82, 2.24) is 9.38 Å². The van der Waals surface area contributed by atoms with Crippen LogP contribution < -0.4 is 5.73 Å². The van der Waals surface area contributed by atoms with E-state index in [0.29, 0.717) is 12.5 Å². The van der Waals surface area contributed by atoms with Gasteiger partial charge in [0.05, 0.1) is 5.69 Å². The van der Waals surface area contributed by atoms with Crippen molar-refractivity contribution >= 4 is 17.4 Å². The summed E-state index contributed by atoms with van der Waals surface area (Å²) in [6.45, 7) is 0.562. The molecule has 0 amide bonds. The number of thioether (sulfide) groups is 1.